The number of nitrogens with one attached hydrogen (secondary N) is 2. The molecule has 0 spiro atoms. The van der Waals surface area contributed by atoms with Gasteiger partial charge in [-0.3, -0.25) is 9.59 Å². The summed E-state index contributed by atoms with van der Waals surface area (Å²) in [6.45, 7) is 1.88. The van der Waals surface area contributed by atoms with E-state index in [1.165, 1.54) is 0 Å². The third kappa shape index (κ3) is 4.56. The first-order chi connectivity index (χ1) is 13.5. The van der Waals surface area contributed by atoms with Crippen LogP contribution in [0.1, 0.15) is 31.8 Å². The van der Waals surface area contributed by atoms with Crippen LogP contribution in [0.5, 0.6) is 0 Å². The molecule has 0 fully saturated rings. The van der Waals surface area contributed by atoms with Crippen LogP contribution in [0, 0.1) is 18.3 Å². The number of halogens is 1. The van der Waals surface area contributed by atoms with E-state index in [9.17, 15) is 9.59 Å². The molecule has 0 saturated heterocycles. The number of nitrogens with zero attached hydrogens (tertiary/aromatic N) is 1. The fourth-order valence-corrected chi connectivity index (χ4v) is 2.66. The van der Waals surface area contributed by atoms with E-state index in [4.69, 9.17) is 16.9 Å². The number of hydrogen-bond acceptors (Lipinski definition) is 3. The maximum Gasteiger partial charge on any atom is 0.255 e. The molecule has 0 aliphatic carbocycles. The molecule has 0 aliphatic rings. The zero-order valence-corrected chi connectivity index (χ0v) is 15.7. The third-order valence-electron chi connectivity index (χ3n) is 4.11. The summed E-state index contributed by atoms with van der Waals surface area (Å²) >= 11 is 6.07. The smallest absolute Gasteiger partial charge is 0.255 e. The Hall–Kier alpha value is -3.62. The van der Waals surface area contributed by atoms with Crippen molar-refractivity contribution in [1.82, 2.24) is 0 Å². The van der Waals surface area contributed by atoms with Gasteiger partial charge in [0.15, 0.2) is 0 Å². The molecule has 0 atom stereocenters. The van der Waals surface area contributed by atoms with Crippen LogP contribution in [0.3, 0.4) is 0 Å². The molecule has 0 bridgehead atoms. The zero-order chi connectivity index (χ0) is 20.1. The van der Waals surface area contributed by atoms with Gasteiger partial charge < -0.3 is 10.6 Å². The maximum absolute atomic E-state index is 12.4. The SMILES string of the molecule is Cc1ccc(NC(=O)c2ccc(C(=O)Nc3ccc(C#N)cc3)cc2)cc1Cl. The Morgan fingerprint density at radius 3 is 1.82 bits per heavy atom. The number of rotatable bonds is 4. The Labute approximate surface area is 167 Å². The molecule has 6 heteroatoms. The number of nitriles is 1. The molecule has 3 aromatic carbocycles. The van der Waals surface area contributed by atoms with E-state index in [-0.39, 0.29) is 11.8 Å². The lowest BCUT2D eigenvalue weighted by atomic mass is 10.1. The van der Waals surface area contributed by atoms with Crippen LogP contribution in [0.15, 0.2) is 66.7 Å². The summed E-state index contributed by atoms with van der Waals surface area (Å²) in [7, 11) is 0. The van der Waals surface area contributed by atoms with Crippen molar-refractivity contribution in [3.63, 3.8) is 0 Å². The number of carbonyl (C=O) groups is 2. The van der Waals surface area contributed by atoms with Crippen molar-refractivity contribution < 1.29 is 9.59 Å². The third-order valence-corrected chi connectivity index (χ3v) is 4.52. The lowest BCUT2D eigenvalue weighted by Crippen LogP contribution is -2.14. The van der Waals surface area contributed by atoms with Gasteiger partial charge in [0.25, 0.3) is 11.8 Å². The predicted molar refractivity (Wildman–Crippen MR) is 110 cm³/mol. The van der Waals surface area contributed by atoms with Gasteiger partial charge in [0.2, 0.25) is 0 Å². The summed E-state index contributed by atoms with van der Waals surface area (Å²) in [5.74, 6) is -0.596. The molecule has 5 nitrogen and oxygen atoms in total. The number of amides is 2. The first-order valence-corrected chi connectivity index (χ1v) is 8.83. The highest BCUT2D eigenvalue weighted by Crippen LogP contribution is 2.20. The lowest BCUT2D eigenvalue weighted by Gasteiger charge is -2.08. The van der Waals surface area contributed by atoms with Crippen LogP contribution in [0.25, 0.3) is 0 Å². The summed E-state index contributed by atoms with van der Waals surface area (Å²) in [5.41, 5.74) is 3.47. The Bertz CT molecular complexity index is 1070. The van der Waals surface area contributed by atoms with E-state index in [0.717, 1.165) is 5.56 Å². The van der Waals surface area contributed by atoms with Gasteiger partial charge in [0.05, 0.1) is 11.6 Å². The van der Waals surface area contributed by atoms with Crippen LogP contribution >= 0.6 is 11.6 Å². The van der Waals surface area contributed by atoms with E-state index in [1.807, 2.05) is 19.1 Å². The molecule has 0 heterocycles. The summed E-state index contributed by atoms with van der Waals surface area (Å²) in [6.07, 6.45) is 0. The van der Waals surface area contributed by atoms with Crippen LogP contribution in [-0.2, 0) is 0 Å². The van der Waals surface area contributed by atoms with E-state index in [1.54, 1.807) is 60.7 Å². The minimum atomic E-state index is -0.304. The standard InChI is InChI=1S/C22H16ClN3O2/c1-14-2-9-19(12-20(14)23)26-22(28)17-7-5-16(6-8-17)21(27)25-18-10-3-15(13-24)4-11-18/h2-12H,1H3,(H,25,27)(H,26,28). The molecule has 3 rings (SSSR count). The van der Waals surface area contributed by atoms with Crippen molar-refractivity contribution in [2.45, 2.75) is 6.92 Å². The van der Waals surface area contributed by atoms with Gasteiger partial charge in [-0.1, -0.05) is 17.7 Å². The number of hydrogen-bond donors (Lipinski definition) is 2. The number of aryl methyl sites for hydroxylation is 1. The normalized spacial score (nSPS) is 10.0. The van der Waals surface area contributed by atoms with Gasteiger partial charge in [-0.05, 0) is 73.2 Å². The van der Waals surface area contributed by atoms with E-state index in [2.05, 4.69) is 10.6 Å². The second kappa shape index (κ2) is 8.38. The monoisotopic (exact) mass is 389 g/mol. The molecule has 28 heavy (non-hydrogen) atoms. The fourth-order valence-electron chi connectivity index (χ4n) is 2.48. The molecule has 138 valence electrons. The Morgan fingerprint density at radius 2 is 1.32 bits per heavy atom. The Kier molecular flexibility index (Phi) is 5.73. The van der Waals surface area contributed by atoms with Crippen molar-refractivity contribution in [2.24, 2.45) is 0 Å². The van der Waals surface area contributed by atoms with Crippen LogP contribution in [0.4, 0.5) is 11.4 Å². The van der Waals surface area contributed by atoms with E-state index < -0.39 is 0 Å². The largest absolute Gasteiger partial charge is 0.322 e. The molecule has 0 radical (unpaired) electrons. The van der Waals surface area contributed by atoms with E-state index in [0.29, 0.717) is 33.1 Å². The van der Waals surface area contributed by atoms with Gasteiger partial charge in [-0.2, -0.15) is 5.26 Å². The van der Waals surface area contributed by atoms with Crippen molar-refractivity contribution in [3.05, 3.63) is 94.0 Å². The van der Waals surface area contributed by atoms with Gasteiger partial charge in [0.1, 0.15) is 0 Å². The van der Waals surface area contributed by atoms with Gasteiger partial charge in [-0.25, -0.2) is 0 Å². The summed E-state index contributed by atoms with van der Waals surface area (Å²) in [4.78, 5) is 24.7. The van der Waals surface area contributed by atoms with Crippen molar-refractivity contribution in [2.75, 3.05) is 10.6 Å². The quantitative estimate of drug-likeness (QED) is 0.656. The highest BCUT2D eigenvalue weighted by atomic mass is 35.5. The molecule has 0 unspecified atom stereocenters. The zero-order valence-electron chi connectivity index (χ0n) is 15.0. The summed E-state index contributed by atoms with van der Waals surface area (Å²) < 4.78 is 0. The van der Waals surface area contributed by atoms with Crippen LogP contribution in [0.2, 0.25) is 5.02 Å². The molecule has 2 amide bonds. The van der Waals surface area contributed by atoms with Gasteiger partial charge in [-0.15, -0.1) is 0 Å². The first kappa shape index (κ1) is 19.2. The fraction of sp³-hybridized carbons (Fsp3) is 0.0455. The first-order valence-electron chi connectivity index (χ1n) is 8.45. The molecular formula is C22H16ClN3O2. The maximum atomic E-state index is 12.4. The molecule has 0 aliphatic heterocycles. The highest BCUT2D eigenvalue weighted by molar-refractivity contribution is 6.31. The molecule has 2 N–H and O–H groups in total. The lowest BCUT2D eigenvalue weighted by molar-refractivity contribution is 0.101. The second-order valence-electron chi connectivity index (χ2n) is 6.14. The molecule has 0 saturated carbocycles. The molecule has 3 aromatic rings. The van der Waals surface area contributed by atoms with Crippen LogP contribution in [-0.4, -0.2) is 11.8 Å². The number of benzene rings is 3. The average Bonchev–Trinajstić information content (AvgIpc) is 2.71. The molecule has 0 aromatic heterocycles. The summed E-state index contributed by atoms with van der Waals surface area (Å²) in [5, 5.41) is 14.9. The minimum Gasteiger partial charge on any atom is -0.322 e. The highest BCUT2D eigenvalue weighted by Gasteiger charge is 2.10. The van der Waals surface area contributed by atoms with Crippen LogP contribution < -0.4 is 10.6 Å². The minimum absolute atomic E-state index is 0.293. The van der Waals surface area contributed by atoms with Crippen molar-refractivity contribution in [3.8, 4) is 6.07 Å². The average molecular weight is 390 g/mol. The topological polar surface area (TPSA) is 82.0 Å². The van der Waals surface area contributed by atoms with Gasteiger partial charge in [0, 0.05) is 27.5 Å². The van der Waals surface area contributed by atoms with Crippen molar-refractivity contribution >= 4 is 34.8 Å². The second-order valence-corrected chi connectivity index (χ2v) is 6.55. The predicted octanol–water partition coefficient (Wildman–Crippen LogP) is 5.02. The summed E-state index contributed by atoms with van der Waals surface area (Å²) in [6, 6.07) is 20.2. The number of anilines is 2. The van der Waals surface area contributed by atoms with E-state index >= 15 is 0 Å². The van der Waals surface area contributed by atoms with Crippen molar-refractivity contribution in [1.29, 1.82) is 5.26 Å². The molecular weight excluding hydrogens is 374 g/mol. The Balaban J connectivity index is 1.66. The number of carbonyl (C=O) groups excluding carboxylic acids is 2. The Morgan fingerprint density at radius 1 is 0.821 bits per heavy atom. The van der Waals surface area contributed by atoms with Gasteiger partial charge >= 0.3 is 0 Å².